The number of hydrogen-bond donors (Lipinski definition) is 3. The lowest BCUT2D eigenvalue weighted by Crippen LogP contribution is -2.40. The molecular formula is C12H18N2O4. The number of carboxylic acid groups (broad SMARTS) is 1. The maximum absolute atomic E-state index is 11.4. The summed E-state index contributed by atoms with van der Waals surface area (Å²) in [5.41, 5.74) is 0.851. The molecule has 1 aromatic heterocycles. The van der Waals surface area contributed by atoms with Crippen LogP contribution in [-0.4, -0.2) is 23.7 Å². The molecule has 18 heavy (non-hydrogen) atoms. The van der Waals surface area contributed by atoms with Crippen molar-refractivity contribution in [1.82, 2.24) is 10.6 Å². The van der Waals surface area contributed by atoms with E-state index in [2.05, 4.69) is 10.6 Å². The first-order valence-corrected chi connectivity index (χ1v) is 5.76. The largest absolute Gasteiger partial charge is 0.481 e. The van der Waals surface area contributed by atoms with Gasteiger partial charge in [0.25, 0.3) is 0 Å². The lowest BCUT2D eigenvalue weighted by Gasteiger charge is -2.16. The number of rotatable bonds is 6. The number of carbonyl (C=O) groups is 2. The normalized spacial score (nSPS) is 12.2. The lowest BCUT2D eigenvalue weighted by molar-refractivity contribution is -0.142. The standard InChI is InChI=1S/C12H18N2O4/c1-8(2)10(11(15)16)6-14-12(17)13-5-9-3-4-18-7-9/h3-4,7-8,10H,5-6H2,1-2H3,(H,15,16)(H2,13,14,17). The predicted molar refractivity (Wildman–Crippen MR) is 64.9 cm³/mol. The third kappa shape index (κ3) is 4.48. The zero-order valence-corrected chi connectivity index (χ0v) is 10.5. The summed E-state index contributed by atoms with van der Waals surface area (Å²) in [6.07, 6.45) is 3.06. The van der Waals surface area contributed by atoms with Crippen LogP contribution >= 0.6 is 0 Å². The van der Waals surface area contributed by atoms with E-state index >= 15 is 0 Å². The van der Waals surface area contributed by atoms with Gasteiger partial charge in [0.15, 0.2) is 0 Å². The van der Waals surface area contributed by atoms with Gasteiger partial charge in [0, 0.05) is 18.7 Å². The maximum atomic E-state index is 11.4. The van der Waals surface area contributed by atoms with Crippen molar-refractivity contribution >= 4 is 12.0 Å². The molecule has 100 valence electrons. The van der Waals surface area contributed by atoms with E-state index in [1.807, 2.05) is 13.8 Å². The molecule has 0 aliphatic rings. The monoisotopic (exact) mass is 254 g/mol. The zero-order valence-electron chi connectivity index (χ0n) is 10.5. The lowest BCUT2D eigenvalue weighted by atomic mass is 9.96. The van der Waals surface area contributed by atoms with Crippen LogP contribution in [0.4, 0.5) is 4.79 Å². The summed E-state index contributed by atoms with van der Waals surface area (Å²) in [6.45, 7) is 4.08. The highest BCUT2D eigenvalue weighted by molar-refractivity contribution is 5.75. The van der Waals surface area contributed by atoms with Crippen molar-refractivity contribution in [3.63, 3.8) is 0 Å². The van der Waals surface area contributed by atoms with Crippen molar-refractivity contribution in [1.29, 1.82) is 0 Å². The summed E-state index contributed by atoms with van der Waals surface area (Å²) in [6, 6.07) is 1.36. The van der Waals surface area contributed by atoms with Crippen molar-refractivity contribution in [2.75, 3.05) is 6.54 Å². The molecule has 0 saturated heterocycles. The molecule has 3 N–H and O–H groups in total. The molecule has 0 aliphatic carbocycles. The second-order valence-corrected chi connectivity index (χ2v) is 4.38. The maximum Gasteiger partial charge on any atom is 0.315 e. The Balaban J connectivity index is 2.29. The number of aliphatic carboxylic acids is 1. The molecule has 0 spiro atoms. The average Bonchev–Trinajstić information content (AvgIpc) is 2.78. The van der Waals surface area contributed by atoms with Crippen LogP contribution in [0.3, 0.4) is 0 Å². The highest BCUT2D eigenvalue weighted by atomic mass is 16.4. The third-order valence-corrected chi connectivity index (χ3v) is 2.64. The van der Waals surface area contributed by atoms with Crippen molar-refractivity contribution in [2.45, 2.75) is 20.4 Å². The van der Waals surface area contributed by atoms with E-state index < -0.39 is 11.9 Å². The first-order chi connectivity index (χ1) is 8.50. The fourth-order valence-electron chi connectivity index (χ4n) is 1.45. The number of urea groups is 1. The van der Waals surface area contributed by atoms with Crippen molar-refractivity contribution in [2.24, 2.45) is 11.8 Å². The van der Waals surface area contributed by atoms with E-state index in [1.165, 1.54) is 12.5 Å². The molecule has 0 radical (unpaired) electrons. The van der Waals surface area contributed by atoms with E-state index in [4.69, 9.17) is 9.52 Å². The first kappa shape index (κ1) is 14.1. The minimum absolute atomic E-state index is 0.0309. The van der Waals surface area contributed by atoms with Gasteiger partial charge in [0.2, 0.25) is 0 Å². The number of furan rings is 1. The van der Waals surface area contributed by atoms with E-state index in [9.17, 15) is 9.59 Å². The molecule has 1 atom stereocenters. The Morgan fingerprint density at radius 2 is 2.11 bits per heavy atom. The Bertz CT molecular complexity index is 387. The van der Waals surface area contributed by atoms with Crippen LogP contribution in [0.1, 0.15) is 19.4 Å². The molecule has 2 amide bonds. The summed E-state index contributed by atoms with van der Waals surface area (Å²) in [7, 11) is 0. The SMILES string of the molecule is CC(C)C(CNC(=O)NCc1ccoc1)C(=O)O. The predicted octanol–water partition coefficient (Wildman–Crippen LogP) is 1.44. The molecule has 6 nitrogen and oxygen atoms in total. The van der Waals surface area contributed by atoms with Gasteiger partial charge in [0.1, 0.15) is 0 Å². The van der Waals surface area contributed by atoms with Gasteiger partial charge >= 0.3 is 12.0 Å². The van der Waals surface area contributed by atoms with Crippen LogP contribution in [0.2, 0.25) is 0 Å². The van der Waals surface area contributed by atoms with Crippen molar-refractivity contribution in [3.05, 3.63) is 24.2 Å². The highest BCUT2D eigenvalue weighted by Gasteiger charge is 2.21. The van der Waals surface area contributed by atoms with Crippen molar-refractivity contribution < 1.29 is 19.1 Å². The van der Waals surface area contributed by atoms with Crippen LogP contribution in [0, 0.1) is 11.8 Å². The van der Waals surface area contributed by atoms with Gasteiger partial charge in [0.05, 0.1) is 18.4 Å². The minimum Gasteiger partial charge on any atom is -0.481 e. The van der Waals surface area contributed by atoms with Gasteiger partial charge in [-0.1, -0.05) is 13.8 Å². The summed E-state index contributed by atoms with van der Waals surface area (Å²) >= 11 is 0. The smallest absolute Gasteiger partial charge is 0.315 e. The van der Waals surface area contributed by atoms with Crippen LogP contribution in [0.5, 0.6) is 0 Å². The Morgan fingerprint density at radius 3 is 2.61 bits per heavy atom. The second-order valence-electron chi connectivity index (χ2n) is 4.38. The van der Waals surface area contributed by atoms with Crippen LogP contribution in [0.25, 0.3) is 0 Å². The van der Waals surface area contributed by atoms with Gasteiger partial charge in [-0.3, -0.25) is 4.79 Å². The molecule has 0 fully saturated rings. The van der Waals surface area contributed by atoms with Gasteiger partial charge in [-0.15, -0.1) is 0 Å². The average molecular weight is 254 g/mol. The third-order valence-electron chi connectivity index (χ3n) is 2.64. The van der Waals surface area contributed by atoms with Crippen LogP contribution in [-0.2, 0) is 11.3 Å². The molecule has 0 aliphatic heterocycles. The van der Waals surface area contributed by atoms with Crippen LogP contribution in [0.15, 0.2) is 23.0 Å². The minimum atomic E-state index is -0.903. The Labute approximate surface area is 105 Å². The molecule has 0 bridgehead atoms. The quantitative estimate of drug-likeness (QED) is 0.716. The number of carboxylic acids is 1. The van der Waals surface area contributed by atoms with Crippen LogP contribution < -0.4 is 10.6 Å². The molecule has 6 heteroatoms. The van der Waals surface area contributed by atoms with Gasteiger partial charge in [-0.05, 0) is 12.0 Å². The van der Waals surface area contributed by atoms with E-state index in [0.717, 1.165) is 5.56 Å². The molecule has 1 rings (SSSR count). The molecule has 0 aromatic carbocycles. The topological polar surface area (TPSA) is 91.6 Å². The molecule has 1 unspecified atom stereocenters. The number of amides is 2. The fraction of sp³-hybridized carbons (Fsp3) is 0.500. The molecular weight excluding hydrogens is 236 g/mol. The second kappa shape index (κ2) is 6.68. The Hall–Kier alpha value is -1.98. The van der Waals surface area contributed by atoms with Gasteiger partial charge in [-0.25, -0.2) is 4.79 Å². The summed E-state index contributed by atoms with van der Waals surface area (Å²) in [5, 5.41) is 14.1. The van der Waals surface area contributed by atoms with Gasteiger partial charge in [-0.2, -0.15) is 0 Å². The molecule has 0 saturated carbocycles. The number of nitrogens with one attached hydrogen (secondary N) is 2. The number of hydrogen-bond acceptors (Lipinski definition) is 3. The van der Waals surface area contributed by atoms with E-state index in [0.29, 0.717) is 6.54 Å². The van der Waals surface area contributed by atoms with E-state index in [1.54, 1.807) is 6.07 Å². The molecule has 1 heterocycles. The van der Waals surface area contributed by atoms with E-state index in [-0.39, 0.29) is 18.5 Å². The summed E-state index contributed by atoms with van der Waals surface area (Å²) < 4.78 is 4.86. The fourth-order valence-corrected chi connectivity index (χ4v) is 1.45. The van der Waals surface area contributed by atoms with Gasteiger partial charge < -0.3 is 20.2 Å². The Kier molecular flexibility index (Phi) is 5.23. The Morgan fingerprint density at radius 1 is 1.39 bits per heavy atom. The van der Waals surface area contributed by atoms with Crippen molar-refractivity contribution in [3.8, 4) is 0 Å². The highest BCUT2D eigenvalue weighted by Crippen LogP contribution is 2.09. The number of carbonyl (C=O) groups excluding carboxylic acids is 1. The zero-order chi connectivity index (χ0) is 13.5. The summed E-state index contributed by atoms with van der Waals surface area (Å²) in [4.78, 5) is 22.4. The first-order valence-electron chi connectivity index (χ1n) is 5.76. The molecule has 1 aromatic rings. The summed E-state index contributed by atoms with van der Waals surface area (Å²) in [5.74, 6) is -1.51.